The van der Waals surface area contributed by atoms with Gasteiger partial charge in [0.05, 0.1) is 18.4 Å². The van der Waals surface area contributed by atoms with Crippen molar-refractivity contribution in [3.8, 4) is 0 Å². The Labute approximate surface area is 150 Å². The molecule has 4 heterocycles. The van der Waals surface area contributed by atoms with Gasteiger partial charge in [-0.25, -0.2) is 9.97 Å². The van der Waals surface area contributed by atoms with E-state index in [1.54, 1.807) is 12.5 Å². The monoisotopic (exact) mass is 356 g/mol. The molecule has 6 nitrogen and oxygen atoms in total. The summed E-state index contributed by atoms with van der Waals surface area (Å²) in [6.45, 7) is 2.04. The summed E-state index contributed by atoms with van der Waals surface area (Å²) >= 11 is 0. The van der Waals surface area contributed by atoms with Crippen molar-refractivity contribution in [3.05, 3.63) is 53.9 Å². The van der Waals surface area contributed by atoms with Crippen molar-refractivity contribution in [2.45, 2.75) is 44.9 Å². The molecule has 3 aromatic heterocycles. The zero-order valence-electron chi connectivity index (χ0n) is 14.6. The van der Waals surface area contributed by atoms with Gasteiger partial charge in [0, 0.05) is 30.4 Å². The van der Waals surface area contributed by atoms with E-state index in [9.17, 15) is 4.53 Å². The van der Waals surface area contributed by atoms with Crippen molar-refractivity contribution in [2.24, 2.45) is 0 Å². The van der Waals surface area contributed by atoms with E-state index in [4.69, 9.17) is 4.74 Å². The summed E-state index contributed by atoms with van der Waals surface area (Å²) < 4.78 is 20.4. The second-order valence-corrected chi connectivity index (χ2v) is 6.62. The Kier molecular flexibility index (Phi) is 4.90. The van der Waals surface area contributed by atoms with Crippen LogP contribution in [0.2, 0.25) is 0 Å². The summed E-state index contributed by atoms with van der Waals surface area (Å²) in [6, 6.07) is 3.96. The summed E-state index contributed by atoms with van der Waals surface area (Å²) in [6.07, 6.45) is 10.4. The molecule has 0 bridgehead atoms. The second kappa shape index (κ2) is 7.47. The summed E-state index contributed by atoms with van der Waals surface area (Å²) in [5.74, 6) is 0. The van der Waals surface area contributed by atoms with Crippen LogP contribution in [0.3, 0.4) is 0 Å². The first-order valence-electron chi connectivity index (χ1n) is 8.85. The molecule has 2 atom stereocenters. The topological polar surface area (TPSA) is 62.1 Å². The molecule has 0 aromatic carbocycles. The average molecular weight is 356 g/mol. The van der Waals surface area contributed by atoms with Crippen LogP contribution in [0.1, 0.15) is 35.9 Å². The van der Waals surface area contributed by atoms with E-state index in [1.807, 2.05) is 31.5 Å². The summed E-state index contributed by atoms with van der Waals surface area (Å²) in [5, 5.41) is 1.06. The maximum absolute atomic E-state index is 12.0. The van der Waals surface area contributed by atoms with Crippen LogP contribution in [-0.4, -0.2) is 32.2 Å². The molecule has 26 heavy (non-hydrogen) atoms. The third-order valence-electron chi connectivity index (χ3n) is 5.00. The molecule has 1 aliphatic heterocycles. The lowest BCUT2D eigenvalue weighted by molar-refractivity contribution is -0.130. The van der Waals surface area contributed by atoms with Gasteiger partial charge in [0.2, 0.25) is 0 Å². The van der Waals surface area contributed by atoms with Crippen molar-refractivity contribution >= 4 is 11.0 Å². The number of hydrogen-bond acceptors (Lipinski definition) is 5. The summed E-state index contributed by atoms with van der Waals surface area (Å²) in [4.78, 5) is 16.6. The van der Waals surface area contributed by atoms with E-state index in [-0.39, 0.29) is 18.9 Å². The minimum absolute atomic E-state index is 0.0268. The number of hydrogen-bond donors (Lipinski definition) is 0. The molecule has 0 amide bonds. The number of nitrogens with zero attached hydrogens (tertiary/aromatic N) is 4. The van der Waals surface area contributed by atoms with Gasteiger partial charge in [0.25, 0.3) is 0 Å². The van der Waals surface area contributed by atoms with Crippen LogP contribution < -0.4 is 0 Å². The Morgan fingerprint density at radius 1 is 1.27 bits per heavy atom. The van der Waals surface area contributed by atoms with Gasteiger partial charge in [-0.3, -0.25) is 4.98 Å². The van der Waals surface area contributed by atoms with Gasteiger partial charge in [0.15, 0.2) is 0 Å². The highest BCUT2D eigenvalue weighted by Gasteiger charge is 2.28. The molecular weight excluding hydrogens is 335 g/mol. The lowest BCUT2D eigenvalue weighted by Gasteiger charge is -2.17. The molecule has 1 fully saturated rings. The van der Waals surface area contributed by atoms with Crippen molar-refractivity contribution in [3.63, 3.8) is 0 Å². The van der Waals surface area contributed by atoms with Gasteiger partial charge in [-0.2, -0.15) is 4.94 Å². The zero-order valence-corrected chi connectivity index (χ0v) is 14.6. The lowest BCUT2D eigenvalue weighted by atomic mass is 10.0. The van der Waals surface area contributed by atoms with Gasteiger partial charge in [-0.05, 0) is 54.0 Å². The summed E-state index contributed by atoms with van der Waals surface area (Å²) in [5.41, 5.74) is 4.02. The Morgan fingerprint density at radius 3 is 3.08 bits per heavy atom. The maximum Gasteiger partial charge on any atom is 0.145 e. The normalized spacial score (nSPS) is 20.1. The smallest absolute Gasteiger partial charge is 0.145 e. The highest BCUT2D eigenvalue weighted by Crippen LogP contribution is 2.33. The minimum Gasteiger partial charge on any atom is -0.354 e. The quantitative estimate of drug-likeness (QED) is 0.676. The third-order valence-corrected chi connectivity index (χ3v) is 5.00. The predicted octanol–water partition coefficient (Wildman–Crippen LogP) is 3.50. The number of halogens is 1. The van der Waals surface area contributed by atoms with Gasteiger partial charge in [-0.15, -0.1) is 0 Å². The van der Waals surface area contributed by atoms with Crippen LogP contribution in [0.4, 0.5) is 4.53 Å². The molecule has 0 aliphatic carbocycles. The number of aryl methyl sites for hydroxylation is 1. The standard InChI is InChI=1S/C19H21FN4O2/c1-13-17-5-8-24(19(17)23-12-22-13)18-3-2-16(26-18)10-15-11-21-7-4-14(15)6-9-25-20/h4-5,7-8,11-12,16,18H,2-3,6,9-10H2,1H3. The number of pyridine rings is 1. The van der Waals surface area contributed by atoms with Crippen LogP contribution >= 0.6 is 0 Å². The Morgan fingerprint density at radius 2 is 2.19 bits per heavy atom. The van der Waals surface area contributed by atoms with Crippen molar-refractivity contribution < 1.29 is 14.2 Å². The van der Waals surface area contributed by atoms with Crippen LogP contribution in [0, 0.1) is 6.92 Å². The molecule has 136 valence electrons. The fourth-order valence-corrected chi connectivity index (χ4v) is 3.65. The summed E-state index contributed by atoms with van der Waals surface area (Å²) in [7, 11) is 0. The number of fused-ring (bicyclic) bond motifs is 1. The molecule has 4 rings (SSSR count). The first kappa shape index (κ1) is 17.1. The zero-order chi connectivity index (χ0) is 17.9. The molecule has 2 unspecified atom stereocenters. The van der Waals surface area contributed by atoms with Crippen molar-refractivity contribution in [2.75, 3.05) is 6.61 Å². The molecule has 1 saturated heterocycles. The largest absolute Gasteiger partial charge is 0.354 e. The fourth-order valence-electron chi connectivity index (χ4n) is 3.65. The van der Waals surface area contributed by atoms with E-state index in [1.165, 1.54) is 0 Å². The molecule has 7 heteroatoms. The van der Waals surface area contributed by atoms with Gasteiger partial charge < -0.3 is 9.30 Å². The number of rotatable bonds is 6. The highest BCUT2D eigenvalue weighted by molar-refractivity contribution is 5.78. The van der Waals surface area contributed by atoms with Crippen LogP contribution in [0.5, 0.6) is 0 Å². The predicted molar refractivity (Wildman–Crippen MR) is 94.1 cm³/mol. The van der Waals surface area contributed by atoms with Gasteiger partial charge >= 0.3 is 0 Å². The van der Waals surface area contributed by atoms with Gasteiger partial charge in [-0.1, -0.05) is 0 Å². The van der Waals surface area contributed by atoms with Crippen LogP contribution in [0.25, 0.3) is 11.0 Å². The SMILES string of the molecule is Cc1ncnc2c1ccn2C1CCC(Cc2cnccc2CCOF)O1. The molecule has 0 N–H and O–H groups in total. The van der Waals surface area contributed by atoms with E-state index >= 15 is 0 Å². The first-order valence-corrected chi connectivity index (χ1v) is 8.85. The fraction of sp³-hybridized carbons (Fsp3) is 0.421. The Balaban J connectivity index is 1.48. The minimum atomic E-state index is -0.0268. The second-order valence-electron chi connectivity index (χ2n) is 6.62. The highest BCUT2D eigenvalue weighted by atomic mass is 19.3. The van der Waals surface area contributed by atoms with E-state index in [2.05, 4.69) is 24.5 Å². The number of aromatic nitrogens is 4. The Hall–Kier alpha value is -2.38. The molecule has 0 radical (unpaired) electrons. The molecular formula is C19H21FN4O2. The molecule has 0 spiro atoms. The van der Waals surface area contributed by atoms with Gasteiger partial charge in [0.1, 0.15) is 18.2 Å². The third kappa shape index (κ3) is 3.32. The molecule has 3 aromatic rings. The Bertz CT molecular complexity index is 898. The van der Waals surface area contributed by atoms with Crippen LogP contribution in [0.15, 0.2) is 37.1 Å². The molecule has 1 aliphatic rings. The molecule has 0 saturated carbocycles. The first-order chi connectivity index (χ1) is 12.8. The van der Waals surface area contributed by atoms with Crippen molar-refractivity contribution in [1.29, 1.82) is 0 Å². The van der Waals surface area contributed by atoms with E-state index < -0.39 is 0 Å². The lowest BCUT2D eigenvalue weighted by Crippen LogP contribution is -2.15. The maximum atomic E-state index is 12.0. The van der Waals surface area contributed by atoms with E-state index in [0.717, 1.165) is 47.1 Å². The van der Waals surface area contributed by atoms with E-state index in [0.29, 0.717) is 6.42 Å². The average Bonchev–Trinajstić information content (AvgIpc) is 3.28. The van der Waals surface area contributed by atoms with Crippen LogP contribution in [-0.2, 0) is 22.5 Å². The van der Waals surface area contributed by atoms with Crippen molar-refractivity contribution in [1.82, 2.24) is 19.5 Å². The number of ether oxygens (including phenoxy) is 1.